The van der Waals surface area contributed by atoms with E-state index in [2.05, 4.69) is 9.73 Å². The molecule has 17 nitrogen and oxygen atoms in total. The van der Waals surface area contributed by atoms with E-state index in [9.17, 15) is 28.8 Å². The molecule has 330 valence electrons. The molecule has 0 saturated carbocycles. The number of nitrogens with zero attached hydrogens (tertiary/aromatic N) is 1. The smallest absolute Gasteiger partial charge is 0.493 e. The van der Waals surface area contributed by atoms with Crippen LogP contribution in [-0.2, 0) is 56.2 Å². The zero-order valence-electron chi connectivity index (χ0n) is 36.0. The highest BCUT2D eigenvalue weighted by atomic mass is 28.4. The summed E-state index contributed by atoms with van der Waals surface area (Å²) in [6.07, 6.45) is 4.66. The minimum atomic E-state index is -2.87. The van der Waals surface area contributed by atoms with Crippen LogP contribution in [-0.4, -0.2) is 107 Å². The number of esters is 5. The van der Waals surface area contributed by atoms with Gasteiger partial charge in [-0.1, -0.05) is 13.0 Å². The van der Waals surface area contributed by atoms with Crippen LogP contribution >= 0.6 is 0 Å². The van der Waals surface area contributed by atoms with Crippen molar-refractivity contribution in [2.45, 2.75) is 66.3 Å². The molecule has 2 unspecified atom stereocenters. The highest BCUT2D eigenvalue weighted by molar-refractivity contribution is 6.60. The van der Waals surface area contributed by atoms with Gasteiger partial charge in [0, 0.05) is 33.4 Å². The van der Waals surface area contributed by atoms with Gasteiger partial charge in [-0.3, -0.25) is 14.4 Å². The average molecular weight is 860 g/mol. The van der Waals surface area contributed by atoms with Crippen molar-refractivity contribution >= 4 is 50.8 Å². The Kier molecular flexibility index (Phi) is 20.3. The number of benzene rings is 2. The Morgan fingerprint density at radius 2 is 1.40 bits per heavy atom. The van der Waals surface area contributed by atoms with Crippen molar-refractivity contribution in [1.82, 2.24) is 0 Å². The van der Waals surface area contributed by atoms with Gasteiger partial charge in [0.05, 0.1) is 49.2 Å². The summed E-state index contributed by atoms with van der Waals surface area (Å²) >= 11 is 0. The Morgan fingerprint density at radius 1 is 0.767 bits per heavy atom. The van der Waals surface area contributed by atoms with Gasteiger partial charge in [0.25, 0.3) is 0 Å². The minimum absolute atomic E-state index is 0.0490. The fourth-order valence-corrected chi connectivity index (χ4v) is 8.03. The number of isocyanates is 1. The lowest BCUT2D eigenvalue weighted by atomic mass is 9.65. The first-order chi connectivity index (χ1) is 28.4. The number of hydrogen-bond donors (Lipinski definition) is 0. The van der Waals surface area contributed by atoms with Crippen LogP contribution in [0, 0.1) is 16.2 Å². The third-order valence-electron chi connectivity index (χ3n) is 9.73. The van der Waals surface area contributed by atoms with Crippen LogP contribution < -0.4 is 14.2 Å². The van der Waals surface area contributed by atoms with Gasteiger partial charge in [0.1, 0.15) is 12.4 Å². The molecule has 0 aliphatic heterocycles. The Morgan fingerprint density at radius 3 is 1.98 bits per heavy atom. The summed E-state index contributed by atoms with van der Waals surface area (Å²) in [6.45, 7) is 7.51. The van der Waals surface area contributed by atoms with Gasteiger partial charge < -0.3 is 46.4 Å². The highest BCUT2D eigenvalue weighted by Gasteiger charge is 2.50. The predicted octanol–water partition coefficient (Wildman–Crippen LogP) is 5.90. The topological polar surface area (TPSA) is 207 Å². The van der Waals surface area contributed by atoms with Crippen molar-refractivity contribution in [3.63, 3.8) is 0 Å². The molecule has 60 heavy (non-hydrogen) atoms. The molecule has 0 aliphatic rings. The Hall–Kier alpha value is -5.39. The summed E-state index contributed by atoms with van der Waals surface area (Å²) in [5.41, 5.74) is -3.08. The van der Waals surface area contributed by atoms with E-state index in [1.54, 1.807) is 46.8 Å². The average Bonchev–Trinajstić information content (AvgIpc) is 3.24. The molecule has 0 fully saturated rings. The first-order valence-electron chi connectivity index (χ1n) is 19.0. The normalized spacial score (nSPS) is 13.5. The van der Waals surface area contributed by atoms with E-state index < -0.39 is 61.7 Å². The summed E-state index contributed by atoms with van der Waals surface area (Å²) in [5.74, 6) is -2.45. The number of methoxy groups -OCH3 is 2. The molecule has 2 aromatic rings. The monoisotopic (exact) mass is 859 g/mol. The maximum Gasteiger partial charge on any atom is 0.500 e. The Bertz CT molecular complexity index is 1830. The fraction of sp³-hybridized carbons (Fsp3) is 0.524. The zero-order chi connectivity index (χ0) is 45.0. The van der Waals surface area contributed by atoms with Crippen LogP contribution in [0.2, 0.25) is 6.04 Å². The van der Waals surface area contributed by atoms with Gasteiger partial charge in [0.2, 0.25) is 12.9 Å². The van der Waals surface area contributed by atoms with Crippen LogP contribution in [0.15, 0.2) is 53.5 Å². The molecule has 0 bridgehead atoms. The van der Waals surface area contributed by atoms with Gasteiger partial charge in [0.15, 0.2) is 11.5 Å². The third-order valence-corrected chi connectivity index (χ3v) is 12.6. The summed E-state index contributed by atoms with van der Waals surface area (Å²) in [4.78, 5) is 79.1. The van der Waals surface area contributed by atoms with Gasteiger partial charge >= 0.3 is 38.7 Å². The first-order valence-corrected chi connectivity index (χ1v) is 20.9. The molecule has 0 aliphatic carbocycles. The summed E-state index contributed by atoms with van der Waals surface area (Å²) < 4.78 is 54.0. The zero-order valence-corrected chi connectivity index (χ0v) is 37.0. The van der Waals surface area contributed by atoms with Crippen molar-refractivity contribution in [3.8, 4) is 17.2 Å². The summed E-state index contributed by atoms with van der Waals surface area (Å²) in [6, 6.07) is 11.1. The van der Waals surface area contributed by atoms with Crippen molar-refractivity contribution in [3.05, 3.63) is 59.7 Å². The van der Waals surface area contributed by atoms with E-state index in [-0.39, 0.29) is 61.8 Å². The lowest BCUT2D eigenvalue weighted by Gasteiger charge is -2.39. The van der Waals surface area contributed by atoms with Crippen LogP contribution in [0.5, 0.6) is 17.2 Å². The predicted molar refractivity (Wildman–Crippen MR) is 218 cm³/mol. The van der Waals surface area contributed by atoms with Crippen LogP contribution in [0.4, 0.5) is 0 Å². The highest BCUT2D eigenvalue weighted by Crippen LogP contribution is 2.46. The first kappa shape index (κ1) is 50.7. The largest absolute Gasteiger partial charge is 0.500 e. The van der Waals surface area contributed by atoms with E-state index >= 15 is 0 Å². The molecule has 0 spiro atoms. The van der Waals surface area contributed by atoms with E-state index in [1.165, 1.54) is 84.1 Å². The lowest BCUT2D eigenvalue weighted by molar-refractivity contribution is -0.171. The molecule has 2 atom stereocenters. The lowest BCUT2D eigenvalue weighted by Crippen LogP contribution is -2.45. The third kappa shape index (κ3) is 15.0. The fourth-order valence-electron chi connectivity index (χ4n) is 6.34. The molecule has 0 N–H and O–H groups in total. The maximum absolute atomic E-state index is 13.7. The van der Waals surface area contributed by atoms with Gasteiger partial charge in [-0.2, -0.15) is 0 Å². The van der Waals surface area contributed by atoms with Gasteiger partial charge in [-0.25, -0.2) is 19.4 Å². The molecule has 0 aromatic heterocycles. The minimum Gasteiger partial charge on any atom is -0.493 e. The molecule has 0 heterocycles. The number of rotatable bonds is 26. The summed E-state index contributed by atoms with van der Waals surface area (Å²) in [5, 5.41) is 0. The second-order valence-electron chi connectivity index (χ2n) is 14.7. The second kappa shape index (κ2) is 24.0. The summed E-state index contributed by atoms with van der Waals surface area (Å²) in [7, 11) is 4.28. The van der Waals surface area contributed by atoms with Crippen molar-refractivity contribution in [2.75, 3.05) is 62.1 Å². The molecular formula is C42H57NO16Si. The molecule has 2 rings (SSSR count). The van der Waals surface area contributed by atoms with Crippen molar-refractivity contribution in [1.29, 1.82) is 0 Å². The van der Waals surface area contributed by atoms with E-state index in [1.807, 2.05) is 0 Å². The van der Waals surface area contributed by atoms with Crippen LogP contribution in [0.3, 0.4) is 0 Å². The number of carbonyl (C=O) groups excluding carboxylic acids is 6. The maximum atomic E-state index is 13.7. The standard InChI is InChI=1S/C42H57NO16Si/c1-11-41(4,27-42(5,39(49)56-23-21-43-28-44)26-40(2,3)37(47)55-22-12-24-60(52-8,53-9)54-10)38(48)58-29-57-32-17-15-31(16-18-32)36(46)59-33-19-13-30(25-34(33)50-6)14-20-35(45)51-7/h13-20,25H,11-12,21-24,26-27,29H2,1-10H3/b20-14+. The van der Waals surface area contributed by atoms with E-state index in [0.29, 0.717) is 18.0 Å². The SMILES string of the molecule is CCC(C)(CC(C)(CC(C)(C)C(=O)OCCC[Si](OC)(OC)OC)C(=O)OCCN=C=O)C(=O)OCOc1ccc(C(=O)Oc2ccc(/C=C/C(=O)OC)cc2OC)cc1. The quantitative estimate of drug-likeness (QED) is 0.0124. The van der Waals surface area contributed by atoms with Crippen LogP contribution in [0.1, 0.15) is 76.2 Å². The van der Waals surface area contributed by atoms with Crippen molar-refractivity contribution in [2.24, 2.45) is 21.2 Å². The number of hydrogen-bond acceptors (Lipinski definition) is 17. The van der Waals surface area contributed by atoms with E-state index in [4.69, 9.17) is 41.7 Å². The van der Waals surface area contributed by atoms with Gasteiger partial charge in [-0.15, -0.1) is 0 Å². The van der Waals surface area contributed by atoms with Gasteiger partial charge in [-0.05, 0) is 101 Å². The molecule has 2 aromatic carbocycles. The number of aliphatic imine (C=N–C) groups is 1. The number of ether oxygens (including phenoxy) is 7. The van der Waals surface area contributed by atoms with E-state index in [0.717, 1.165) is 0 Å². The molecule has 0 amide bonds. The number of carbonyl (C=O) groups is 5. The molecule has 0 saturated heterocycles. The molecule has 18 heteroatoms. The molecule has 0 radical (unpaired) electrons. The Balaban J connectivity index is 2.13. The van der Waals surface area contributed by atoms with Crippen LogP contribution in [0.25, 0.3) is 6.08 Å². The second-order valence-corrected chi connectivity index (χ2v) is 17.8. The molecular weight excluding hydrogens is 803 g/mol. The van der Waals surface area contributed by atoms with Crippen molar-refractivity contribution < 1.29 is 75.2 Å². The Labute approximate surface area is 351 Å².